The van der Waals surface area contributed by atoms with Gasteiger partial charge in [0.25, 0.3) is 0 Å². The van der Waals surface area contributed by atoms with Gasteiger partial charge in [-0.15, -0.1) is 0 Å². The molecule has 1 aromatic carbocycles. The Balaban J connectivity index is 1.37. The van der Waals surface area contributed by atoms with Crippen LogP contribution in [0.1, 0.15) is 26.2 Å². The highest BCUT2D eigenvalue weighted by Crippen LogP contribution is 2.35. The van der Waals surface area contributed by atoms with Crippen molar-refractivity contribution >= 4 is 44.7 Å². The van der Waals surface area contributed by atoms with Crippen LogP contribution in [0.15, 0.2) is 71.9 Å². The van der Waals surface area contributed by atoms with E-state index in [1.54, 1.807) is 17.5 Å². The maximum Gasteiger partial charge on any atom is 0.224 e. The lowest BCUT2D eigenvalue weighted by Gasteiger charge is -2.07. The number of nitrogens with one attached hydrogen (secondary N) is 3. The molecule has 0 saturated carbocycles. The van der Waals surface area contributed by atoms with Gasteiger partial charge in [0.05, 0.1) is 34.8 Å². The van der Waals surface area contributed by atoms with Gasteiger partial charge in [-0.25, -0.2) is 0 Å². The van der Waals surface area contributed by atoms with Gasteiger partial charge >= 0.3 is 0 Å². The highest BCUT2D eigenvalue weighted by atomic mass is 32.1. The number of fused-ring (bicyclic) bond motifs is 2. The van der Waals surface area contributed by atoms with Gasteiger partial charge in [-0.05, 0) is 58.6 Å². The van der Waals surface area contributed by atoms with Crippen LogP contribution in [0.3, 0.4) is 0 Å². The number of H-pyrrole nitrogens is 2. The lowest BCUT2D eigenvalue weighted by molar-refractivity contribution is -0.116. The Morgan fingerprint density at radius 1 is 0.944 bits per heavy atom. The highest BCUT2D eigenvalue weighted by Gasteiger charge is 2.15. The molecule has 6 aromatic rings. The predicted octanol–water partition coefficient (Wildman–Crippen LogP) is 7.03. The molecule has 1 amide bonds. The zero-order valence-electron chi connectivity index (χ0n) is 19.7. The molecule has 7 nitrogen and oxygen atoms in total. The molecular formula is C28H24N6OS. The van der Waals surface area contributed by atoms with Crippen molar-refractivity contribution in [1.29, 1.82) is 0 Å². The largest absolute Gasteiger partial charge is 0.352 e. The van der Waals surface area contributed by atoms with Crippen molar-refractivity contribution in [3.8, 4) is 33.6 Å². The normalized spacial score (nSPS) is 11.4. The van der Waals surface area contributed by atoms with Gasteiger partial charge < -0.3 is 10.3 Å². The molecule has 0 saturated heterocycles. The van der Waals surface area contributed by atoms with Crippen molar-refractivity contribution in [2.24, 2.45) is 0 Å². The first kappa shape index (κ1) is 22.2. The molecule has 36 heavy (non-hydrogen) atoms. The number of nitrogens with zero attached hydrogens (tertiary/aromatic N) is 3. The fourth-order valence-electron chi connectivity index (χ4n) is 4.45. The van der Waals surface area contributed by atoms with Gasteiger partial charge in [0.15, 0.2) is 0 Å². The number of carbonyl (C=O) groups excluding carboxylic acids is 1. The number of pyridine rings is 2. The van der Waals surface area contributed by atoms with Crippen LogP contribution in [0, 0.1) is 0 Å². The van der Waals surface area contributed by atoms with E-state index in [2.05, 4.69) is 66.3 Å². The summed E-state index contributed by atoms with van der Waals surface area (Å²) in [6.45, 7) is 2.07. The van der Waals surface area contributed by atoms with E-state index in [-0.39, 0.29) is 5.91 Å². The Labute approximate surface area is 211 Å². The first-order valence-electron chi connectivity index (χ1n) is 11.9. The first-order valence-corrected chi connectivity index (χ1v) is 12.9. The van der Waals surface area contributed by atoms with Crippen LogP contribution >= 0.6 is 11.3 Å². The van der Waals surface area contributed by atoms with Crippen LogP contribution in [-0.2, 0) is 4.79 Å². The van der Waals surface area contributed by atoms with Crippen LogP contribution in [0.4, 0.5) is 5.69 Å². The zero-order valence-corrected chi connectivity index (χ0v) is 20.5. The Hall–Kier alpha value is -4.30. The molecule has 0 radical (unpaired) electrons. The zero-order chi connectivity index (χ0) is 24.5. The number of hydrogen-bond donors (Lipinski definition) is 3. The number of anilines is 1. The topological polar surface area (TPSA) is 99.3 Å². The van der Waals surface area contributed by atoms with Crippen LogP contribution in [0.2, 0.25) is 0 Å². The smallest absolute Gasteiger partial charge is 0.224 e. The van der Waals surface area contributed by atoms with Gasteiger partial charge in [0, 0.05) is 40.7 Å². The second-order valence-electron chi connectivity index (χ2n) is 8.79. The monoisotopic (exact) mass is 492 g/mol. The predicted molar refractivity (Wildman–Crippen MR) is 146 cm³/mol. The van der Waals surface area contributed by atoms with Crippen molar-refractivity contribution in [2.45, 2.75) is 26.2 Å². The second-order valence-corrected chi connectivity index (χ2v) is 9.57. The Kier molecular flexibility index (Phi) is 5.79. The minimum Gasteiger partial charge on any atom is -0.352 e. The molecule has 0 atom stereocenters. The van der Waals surface area contributed by atoms with Gasteiger partial charge in [0.1, 0.15) is 5.69 Å². The van der Waals surface area contributed by atoms with E-state index in [0.29, 0.717) is 12.1 Å². The summed E-state index contributed by atoms with van der Waals surface area (Å²) < 4.78 is 0. The standard InChI is InChI=1S/C28H24N6OS/c1-2-3-4-27(35)31-20-9-19(12-29-13-20)17-5-6-24-22(10-17)28(34-33-24)25-11-21-23(18-7-8-36-16-18)14-30-15-26(21)32-25/h5-16,32H,2-4H2,1H3,(H,31,35)(H,33,34). The van der Waals surface area contributed by atoms with E-state index >= 15 is 0 Å². The lowest BCUT2D eigenvalue weighted by Crippen LogP contribution is -2.11. The van der Waals surface area contributed by atoms with E-state index in [1.807, 2.05) is 36.8 Å². The lowest BCUT2D eigenvalue weighted by atomic mass is 10.0. The third kappa shape index (κ3) is 4.16. The third-order valence-corrected chi connectivity index (χ3v) is 6.99. The summed E-state index contributed by atoms with van der Waals surface area (Å²) in [6.07, 6.45) is 9.62. The Morgan fingerprint density at radius 2 is 1.86 bits per heavy atom. The number of hydrogen-bond acceptors (Lipinski definition) is 5. The summed E-state index contributed by atoms with van der Waals surface area (Å²) in [7, 11) is 0. The molecule has 8 heteroatoms. The first-order chi connectivity index (χ1) is 17.7. The van der Waals surface area contributed by atoms with E-state index < -0.39 is 0 Å². The average Bonchev–Trinajstić information content (AvgIpc) is 3.66. The summed E-state index contributed by atoms with van der Waals surface area (Å²) in [5.74, 6) is 0.0125. The molecule has 0 spiro atoms. The summed E-state index contributed by atoms with van der Waals surface area (Å²) in [5, 5.41) is 17.1. The van der Waals surface area contributed by atoms with Crippen LogP contribution in [0.25, 0.3) is 55.4 Å². The summed E-state index contributed by atoms with van der Waals surface area (Å²) in [5.41, 5.74) is 8.57. The molecule has 3 N–H and O–H groups in total. The van der Waals surface area contributed by atoms with E-state index in [1.165, 1.54) is 0 Å². The van der Waals surface area contributed by atoms with E-state index in [9.17, 15) is 4.79 Å². The molecule has 5 heterocycles. The quantitative estimate of drug-likeness (QED) is 0.223. The fourth-order valence-corrected chi connectivity index (χ4v) is 5.11. The molecule has 0 bridgehead atoms. The molecule has 6 rings (SSSR count). The Morgan fingerprint density at radius 3 is 2.72 bits per heavy atom. The van der Waals surface area contributed by atoms with Gasteiger partial charge in [-0.3, -0.25) is 19.9 Å². The number of aromatic amines is 2. The number of benzene rings is 1. The molecule has 0 fully saturated rings. The Bertz CT molecular complexity index is 1680. The highest BCUT2D eigenvalue weighted by molar-refractivity contribution is 7.08. The molecule has 0 unspecified atom stereocenters. The second kappa shape index (κ2) is 9.39. The molecule has 0 aliphatic carbocycles. The van der Waals surface area contributed by atoms with E-state index in [4.69, 9.17) is 0 Å². The van der Waals surface area contributed by atoms with Crippen molar-refractivity contribution in [2.75, 3.05) is 5.32 Å². The number of carbonyl (C=O) groups is 1. The molecular weight excluding hydrogens is 468 g/mol. The van der Waals surface area contributed by atoms with Crippen LogP contribution < -0.4 is 5.32 Å². The maximum atomic E-state index is 12.2. The maximum absolute atomic E-state index is 12.2. The number of thiophene rings is 1. The summed E-state index contributed by atoms with van der Waals surface area (Å²) >= 11 is 1.67. The number of amides is 1. The number of aromatic nitrogens is 5. The van der Waals surface area contributed by atoms with Gasteiger partial charge in [-0.2, -0.15) is 16.4 Å². The minimum absolute atomic E-state index is 0.0125. The van der Waals surface area contributed by atoms with Crippen LogP contribution in [0.5, 0.6) is 0 Å². The van der Waals surface area contributed by atoms with E-state index in [0.717, 1.165) is 68.3 Å². The average molecular weight is 493 g/mol. The van der Waals surface area contributed by atoms with Crippen LogP contribution in [-0.4, -0.2) is 31.1 Å². The molecule has 178 valence electrons. The minimum atomic E-state index is 0.0125. The van der Waals surface area contributed by atoms with Crippen molar-refractivity contribution in [3.63, 3.8) is 0 Å². The van der Waals surface area contributed by atoms with Gasteiger partial charge in [0.2, 0.25) is 5.91 Å². The summed E-state index contributed by atoms with van der Waals surface area (Å²) in [6, 6.07) is 12.4. The fraction of sp³-hybridized carbons (Fsp3) is 0.143. The van der Waals surface area contributed by atoms with Crippen molar-refractivity contribution in [1.82, 2.24) is 25.1 Å². The number of rotatable bonds is 7. The molecule has 0 aliphatic rings. The van der Waals surface area contributed by atoms with Crippen molar-refractivity contribution in [3.05, 3.63) is 71.9 Å². The third-order valence-electron chi connectivity index (χ3n) is 6.31. The molecule has 5 aromatic heterocycles. The number of unbranched alkanes of at least 4 members (excludes halogenated alkanes) is 1. The SMILES string of the molecule is CCCCC(=O)Nc1cncc(-c2ccc3[nH]nc(-c4cc5c(-c6ccsc6)cncc5[nH]4)c3c2)c1. The summed E-state index contributed by atoms with van der Waals surface area (Å²) in [4.78, 5) is 24.5. The molecule has 0 aliphatic heterocycles. The van der Waals surface area contributed by atoms with Crippen molar-refractivity contribution < 1.29 is 4.79 Å². The van der Waals surface area contributed by atoms with Gasteiger partial charge in [-0.1, -0.05) is 19.4 Å².